The number of nitrogens with one attached hydrogen (secondary N) is 1. The molecule has 2 unspecified atom stereocenters. The standard InChI is InChI=1S/C9H13F2N/c1-3-12-7-4-8(10)6(2)9(11)5-7/h4-6,8,12H,3H2,1-2H3. The second kappa shape index (κ2) is 3.70. The van der Waals surface area contributed by atoms with E-state index in [1.165, 1.54) is 19.1 Å². The topological polar surface area (TPSA) is 12.0 Å². The van der Waals surface area contributed by atoms with Crippen LogP contribution in [0, 0.1) is 5.92 Å². The molecule has 1 N–H and O–H groups in total. The Bertz CT molecular complexity index is 221. The zero-order valence-corrected chi connectivity index (χ0v) is 7.27. The summed E-state index contributed by atoms with van der Waals surface area (Å²) >= 11 is 0. The first-order valence-electron chi connectivity index (χ1n) is 4.12. The SMILES string of the molecule is CCNC1=CC(F)C(C)C(F)=C1. The second-order valence-electron chi connectivity index (χ2n) is 2.91. The van der Waals surface area contributed by atoms with Gasteiger partial charge in [-0.2, -0.15) is 0 Å². The Kier molecular flexibility index (Phi) is 2.84. The van der Waals surface area contributed by atoms with E-state index in [9.17, 15) is 8.78 Å². The van der Waals surface area contributed by atoms with Crippen molar-refractivity contribution in [2.75, 3.05) is 6.54 Å². The molecular weight excluding hydrogens is 160 g/mol. The molecule has 3 heteroatoms. The molecule has 0 fully saturated rings. The normalized spacial score (nSPS) is 29.3. The largest absolute Gasteiger partial charge is 0.385 e. The summed E-state index contributed by atoms with van der Waals surface area (Å²) in [6, 6.07) is 0. The van der Waals surface area contributed by atoms with Crippen LogP contribution in [-0.2, 0) is 0 Å². The molecule has 0 saturated carbocycles. The maximum absolute atomic E-state index is 13.0. The van der Waals surface area contributed by atoms with Crippen LogP contribution in [0.1, 0.15) is 13.8 Å². The summed E-state index contributed by atoms with van der Waals surface area (Å²) in [7, 11) is 0. The predicted octanol–water partition coefficient (Wildman–Crippen LogP) is 2.32. The summed E-state index contributed by atoms with van der Waals surface area (Å²) in [6.07, 6.45) is 1.56. The van der Waals surface area contributed by atoms with Gasteiger partial charge in [-0.05, 0) is 19.1 Å². The van der Waals surface area contributed by atoms with Crippen LogP contribution in [0.3, 0.4) is 0 Å². The van der Waals surface area contributed by atoms with Crippen molar-refractivity contribution in [1.29, 1.82) is 0 Å². The Morgan fingerprint density at radius 3 is 2.75 bits per heavy atom. The van der Waals surface area contributed by atoms with Crippen LogP contribution in [0.5, 0.6) is 0 Å². The average molecular weight is 173 g/mol. The van der Waals surface area contributed by atoms with Crippen molar-refractivity contribution in [2.24, 2.45) is 5.92 Å². The van der Waals surface area contributed by atoms with Gasteiger partial charge < -0.3 is 5.32 Å². The number of rotatable bonds is 2. The zero-order chi connectivity index (χ0) is 9.14. The fourth-order valence-corrected chi connectivity index (χ4v) is 1.11. The van der Waals surface area contributed by atoms with Gasteiger partial charge in [-0.1, -0.05) is 6.92 Å². The van der Waals surface area contributed by atoms with E-state index in [0.29, 0.717) is 12.2 Å². The molecule has 0 saturated heterocycles. The number of hydrogen-bond acceptors (Lipinski definition) is 1. The Labute approximate surface area is 71.2 Å². The van der Waals surface area contributed by atoms with Crippen LogP contribution in [0.25, 0.3) is 0 Å². The van der Waals surface area contributed by atoms with Crippen molar-refractivity contribution in [3.63, 3.8) is 0 Å². The molecule has 0 heterocycles. The van der Waals surface area contributed by atoms with Gasteiger partial charge in [-0.3, -0.25) is 0 Å². The van der Waals surface area contributed by atoms with E-state index in [-0.39, 0.29) is 5.83 Å². The van der Waals surface area contributed by atoms with Crippen molar-refractivity contribution in [3.05, 3.63) is 23.7 Å². The summed E-state index contributed by atoms with van der Waals surface area (Å²) in [5, 5.41) is 2.87. The molecule has 68 valence electrons. The van der Waals surface area contributed by atoms with Gasteiger partial charge in [0.2, 0.25) is 0 Å². The van der Waals surface area contributed by atoms with Gasteiger partial charge in [-0.25, -0.2) is 8.78 Å². The highest BCUT2D eigenvalue weighted by molar-refractivity contribution is 5.27. The van der Waals surface area contributed by atoms with Crippen molar-refractivity contribution in [3.8, 4) is 0 Å². The Morgan fingerprint density at radius 2 is 2.25 bits per heavy atom. The van der Waals surface area contributed by atoms with E-state index < -0.39 is 12.1 Å². The summed E-state index contributed by atoms with van der Waals surface area (Å²) in [4.78, 5) is 0. The second-order valence-corrected chi connectivity index (χ2v) is 2.91. The highest BCUT2D eigenvalue weighted by atomic mass is 19.1. The molecule has 1 aliphatic rings. The van der Waals surface area contributed by atoms with Gasteiger partial charge in [0.15, 0.2) is 0 Å². The monoisotopic (exact) mass is 173 g/mol. The molecule has 0 aliphatic heterocycles. The highest BCUT2D eigenvalue weighted by Gasteiger charge is 2.23. The molecule has 2 atom stereocenters. The van der Waals surface area contributed by atoms with Crippen LogP contribution in [0.15, 0.2) is 23.7 Å². The van der Waals surface area contributed by atoms with Crippen molar-refractivity contribution >= 4 is 0 Å². The Hall–Kier alpha value is -0.860. The molecule has 0 spiro atoms. The van der Waals surface area contributed by atoms with E-state index in [1.807, 2.05) is 6.92 Å². The third kappa shape index (κ3) is 1.84. The van der Waals surface area contributed by atoms with Crippen LogP contribution in [0.2, 0.25) is 0 Å². The fourth-order valence-electron chi connectivity index (χ4n) is 1.11. The number of alkyl halides is 1. The van der Waals surface area contributed by atoms with Crippen LogP contribution in [0.4, 0.5) is 8.78 Å². The summed E-state index contributed by atoms with van der Waals surface area (Å²) in [6.45, 7) is 4.10. The van der Waals surface area contributed by atoms with Gasteiger partial charge in [0.05, 0.1) is 0 Å². The van der Waals surface area contributed by atoms with E-state index >= 15 is 0 Å². The maximum Gasteiger partial charge on any atom is 0.129 e. The lowest BCUT2D eigenvalue weighted by atomic mass is 9.98. The first kappa shape index (κ1) is 9.23. The summed E-state index contributed by atoms with van der Waals surface area (Å²) in [5.41, 5.74) is 0.542. The lowest BCUT2D eigenvalue weighted by Crippen LogP contribution is -2.21. The molecule has 0 amide bonds. The van der Waals surface area contributed by atoms with Gasteiger partial charge in [-0.15, -0.1) is 0 Å². The summed E-state index contributed by atoms with van der Waals surface area (Å²) in [5.74, 6) is -1.02. The quantitative estimate of drug-likeness (QED) is 0.675. The molecule has 1 nitrogen and oxygen atoms in total. The third-order valence-electron chi connectivity index (χ3n) is 1.93. The first-order chi connectivity index (χ1) is 5.65. The third-order valence-corrected chi connectivity index (χ3v) is 1.93. The van der Waals surface area contributed by atoms with Crippen molar-refractivity contribution in [1.82, 2.24) is 5.32 Å². The molecule has 1 aliphatic carbocycles. The van der Waals surface area contributed by atoms with Gasteiger partial charge in [0, 0.05) is 18.2 Å². The smallest absolute Gasteiger partial charge is 0.129 e. The van der Waals surface area contributed by atoms with Crippen LogP contribution >= 0.6 is 0 Å². The molecule has 0 aromatic carbocycles. The average Bonchev–Trinajstić information content (AvgIpc) is 2.01. The fraction of sp³-hybridized carbons (Fsp3) is 0.556. The molecule has 0 aromatic rings. The lowest BCUT2D eigenvalue weighted by molar-refractivity contribution is 0.288. The van der Waals surface area contributed by atoms with Crippen molar-refractivity contribution in [2.45, 2.75) is 20.0 Å². The Morgan fingerprint density at radius 1 is 1.58 bits per heavy atom. The highest BCUT2D eigenvalue weighted by Crippen LogP contribution is 2.25. The number of likely N-dealkylation sites (N-methyl/N-ethyl adjacent to an activating group) is 1. The van der Waals surface area contributed by atoms with E-state index in [0.717, 1.165) is 0 Å². The molecule has 1 rings (SSSR count). The molecule has 12 heavy (non-hydrogen) atoms. The lowest BCUT2D eigenvalue weighted by Gasteiger charge is -2.18. The van der Waals surface area contributed by atoms with E-state index in [4.69, 9.17) is 0 Å². The first-order valence-corrected chi connectivity index (χ1v) is 4.12. The molecule has 0 radical (unpaired) electrons. The maximum atomic E-state index is 13.0. The van der Waals surface area contributed by atoms with Gasteiger partial charge >= 0.3 is 0 Å². The minimum Gasteiger partial charge on any atom is -0.385 e. The van der Waals surface area contributed by atoms with Gasteiger partial charge in [0.1, 0.15) is 12.0 Å². The number of allylic oxidation sites excluding steroid dienone is 3. The number of hydrogen-bond donors (Lipinski definition) is 1. The summed E-state index contributed by atoms with van der Waals surface area (Å²) < 4.78 is 25.9. The number of halogens is 2. The van der Waals surface area contributed by atoms with Gasteiger partial charge in [0.25, 0.3) is 0 Å². The van der Waals surface area contributed by atoms with Crippen molar-refractivity contribution < 1.29 is 8.78 Å². The minimum atomic E-state index is -1.20. The minimum absolute atomic E-state index is 0.388. The van der Waals surface area contributed by atoms with E-state index in [1.54, 1.807) is 0 Å². The van der Waals surface area contributed by atoms with Crippen LogP contribution in [-0.4, -0.2) is 12.7 Å². The molecule has 0 aromatic heterocycles. The van der Waals surface area contributed by atoms with E-state index in [2.05, 4.69) is 5.32 Å². The molecule has 0 bridgehead atoms. The molecular formula is C9H13F2N. The predicted molar refractivity (Wildman–Crippen MR) is 45.0 cm³/mol. The Balaban J connectivity index is 2.73. The van der Waals surface area contributed by atoms with Crippen LogP contribution < -0.4 is 5.32 Å². The zero-order valence-electron chi connectivity index (χ0n) is 7.27.